The predicted molar refractivity (Wildman–Crippen MR) is 97.2 cm³/mol. The molecule has 2 aliphatic heterocycles. The maximum Gasteiger partial charge on any atom is 0.338 e. The fraction of sp³-hybridized carbons (Fsp3) is 0.235. The van der Waals surface area contributed by atoms with Crippen LogP contribution in [0.25, 0.3) is 0 Å². The number of thioether (sulfide) groups is 1. The van der Waals surface area contributed by atoms with E-state index in [9.17, 15) is 10.1 Å². The van der Waals surface area contributed by atoms with Gasteiger partial charge in [0, 0.05) is 5.02 Å². The molecule has 8 heteroatoms. The first-order chi connectivity index (χ1) is 12.0. The smallest absolute Gasteiger partial charge is 0.338 e. The number of rotatable bonds is 3. The molecule has 0 saturated heterocycles. The number of aliphatic imine (C=N–C) groups is 1. The minimum absolute atomic E-state index is 0.253. The minimum atomic E-state index is -0.526. The third kappa shape index (κ3) is 2.99. The van der Waals surface area contributed by atoms with Crippen molar-refractivity contribution in [3.63, 3.8) is 0 Å². The van der Waals surface area contributed by atoms with Crippen LogP contribution in [0.1, 0.15) is 25.5 Å². The second kappa shape index (κ2) is 6.82. The molecular formula is C17H15ClN4O2S. The van der Waals surface area contributed by atoms with E-state index in [1.54, 1.807) is 30.9 Å². The lowest BCUT2D eigenvalue weighted by molar-refractivity contribution is -0.139. The number of nitrogens with two attached hydrogens (primary N) is 1. The molecule has 2 N–H and O–H groups in total. The molecule has 0 bridgehead atoms. The number of fused-ring (bicyclic) bond motifs is 1. The van der Waals surface area contributed by atoms with Gasteiger partial charge in [-0.25, -0.2) is 9.79 Å². The van der Waals surface area contributed by atoms with Crippen molar-refractivity contribution in [2.24, 2.45) is 10.7 Å². The van der Waals surface area contributed by atoms with Crippen molar-refractivity contribution in [1.29, 1.82) is 5.26 Å². The van der Waals surface area contributed by atoms with Gasteiger partial charge >= 0.3 is 5.97 Å². The number of ether oxygens (including phenoxy) is 1. The summed E-state index contributed by atoms with van der Waals surface area (Å²) in [4.78, 5) is 19.1. The summed E-state index contributed by atoms with van der Waals surface area (Å²) in [5.41, 5.74) is 7.92. The van der Waals surface area contributed by atoms with Crippen LogP contribution >= 0.6 is 23.4 Å². The van der Waals surface area contributed by atoms with Crippen molar-refractivity contribution >= 4 is 34.5 Å². The Bertz CT molecular complexity index is 868. The van der Waals surface area contributed by atoms with Crippen molar-refractivity contribution in [3.8, 4) is 6.07 Å². The Morgan fingerprint density at radius 3 is 2.76 bits per heavy atom. The molecule has 2 heterocycles. The van der Waals surface area contributed by atoms with Crippen LogP contribution in [0.5, 0.6) is 0 Å². The number of nitrogens with zero attached hydrogens (tertiary/aromatic N) is 3. The lowest BCUT2D eigenvalue weighted by Gasteiger charge is -2.34. The van der Waals surface area contributed by atoms with Gasteiger partial charge in [0.25, 0.3) is 0 Å². The summed E-state index contributed by atoms with van der Waals surface area (Å²) < 4.78 is 5.22. The van der Waals surface area contributed by atoms with Crippen LogP contribution in [-0.2, 0) is 9.53 Å². The summed E-state index contributed by atoms with van der Waals surface area (Å²) in [7, 11) is 0. The van der Waals surface area contributed by atoms with E-state index >= 15 is 0 Å². The van der Waals surface area contributed by atoms with Crippen LogP contribution in [0.2, 0.25) is 5.02 Å². The zero-order valence-electron chi connectivity index (χ0n) is 13.6. The van der Waals surface area contributed by atoms with Gasteiger partial charge in [-0.15, -0.1) is 0 Å². The van der Waals surface area contributed by atoms with Crippen LogP contribution in [0, 0.1) is 11.3 Å². The van der Waals surface area contributed by atoms with E-state index in [4.69, 9.17) is 22.1 Å². The zero-order chi connectivity index (χ0) is 18.1. The Morgan fingerprint density at radius 2 is 2.16 bits per heavy atom. The molecule has 2 aliphatic rings. The Morgan fingerprint density at radius 1 is 1.48 bits per heavy atom. The van der Waals surface area contributed by atoms with Gasteiger partial charge in [-0.2, -0.15) is 5.26 Å². The zero-order valence-corrected chi connectivity index (χ0v) is 15.2. The van der Waals surface area contributed by atoms with Gasteiger partial charge < -0.3 is 10.5 Å². The minimum Gasteiger partial charge on any atom is -0.463 e. The molecule has 3 rings (SSSR count). The second-order valence-corrected chi connectivity index (χ2v) is 6.78. The second-order valence-electron chi connectivity index (χ2n) is 5.37. The van der Waals surface area contributed by atoms with Crippen molar-refractivity contribution in [2.45, 2.75) is 19.9 Å². The summed E-state index contributed by atoms with van der Waals surface area (Å²) in [5, 5.41) is 10.4. The Balaban J connectivity index is 2.18. The molecule has 0 radical (unpaired) electrons. The lowest BCUT2D eigenvalue weighted by Crippen LogP contribution is -2.38. The van der Waals surface area contributed by atoms with Gasteiger partial charge in [0.1, 0.15) is 16.8 Å². The Hall–Kier alpha value is -2.43. The number of nitriles is 1. The van der Waals surface area contributed by atoms with E-state index in [0.29, 0.717) is 26.4 Å². The number of benzene rings is 1. The number of halogens is 1. The molecule has 25 heavy (non-hydrogen) atoms. The number of carbonyl (C=O) groups is 1. The number of carbonyl (C=O) groups excluding carboxylic acids is 1. The summed E-state index contributed by atoms with van der Waals surface area (Å²) in [5.74, 6) is -0.175. The fourth-order valence-corrected chi connectivity index (χ4v) is 3.81. The molecule has 0 aliphatic carbocycles. The van der Waals surface area contributed by atoms with E-state index in [0.717, 1.165) is 5.56 Å². The molecule has 0 unspecified atom stereocenters. The number of allylic oxidation sites excluding steroid dienone is 2. The topological polar surface area (TPSA) is 91.7 Å². The lowest BCUT2D eigenvalue weighted by atomic mass is 9.94. The van der Waals surface area contributed by atoms with E-state index < -0.39 is 12.0 Å². The van der Waals surface area contributed by atoms with Gasteiger partial charge in [0.2, 0.25) is 0 Å². The predicted octanol–water partition coefficient (Wildman–Crippen LogP) is 3.29. The number of esters is 1. The average Bonchev–Trinajstić information content (AvgIpc) is 2.90. The van der Waals surface area contributed by atoms with Crippen molar-refractivity contribution in [2.75, 3.05) is 6.61 Å². The first-order valence-corrected chi connectivity index (χ1v) is 8.76. The maximum absolute atomic E-state index is 12.6. The number of hydrogen-bond donors (Lipinski definition) is 1. The molecule has 1 aromatic rings. The third-order valence-electron chi connectivity index (χ3n) is 3.86. The molecule has 0 aromatic heterocycles. The quantitative estimate of drug-likeness (QED) is 0.816. The molecule has 6 nitrogen and oxygen atoms in total. The Kier molecular flexibility index (Phi) is 4.75. The highest BCUT2D eigenvalue weighted by Gasteiger charge is 2.42. The van der Waals surface area contributed by atoms with Crippen molar-refractivity contribution in [3.05, 3.63) is 56.8 Å². The van der Waals surface area contributed by atoms with Crippen LogP contribution < -0.4 is 5.73 Å². The van der Waals surface area contributed by atoms with Gasteiger partial charge in [-0.1, -0.05) is 23.7 Å². The van der Waals surface area contributed by atoms with Gasteiger partial charge in [-0.05, 0) is 43.3 Å². The first kappa shape index (κ1) is 17.4. The van der Waals surface area contributed by atoms with Crippen molar-refractivity contribution < 1.29 is 9.53 Å². The Labute approximate surface area is 154 Å². The maximum atomic E-state index is 12.6. The van der Waals surface area contributed by atoms with E-state index in [1.807, 2.05) is 12.1 Å². The molecule has 128 valence electrons. The molecule has 0 spiro atoms. The fourth-order valence-electron chi connectivity index (χ4n) is 2.77. The van der Waals surface area contributed by atoms with Crippen LogP contribution in [0.15, 0.2) is 51.3 Å². The summed E-state index contributed by atoms with van der Waals surface area (Å²) in [6.45, 7) is 3.75. The molecule has 1 aromatic carbocycles. The summed E-state index contributed by atoms with van der Waals surface area (Å²) in [6.07, 6.45) is 0. The highest BCUT2D eigenvalue weighted by atomic mass is 35.5. The highest BCUT2D eigenvalue weighted by Crippen LogP contribution is 2.45. The van der Waals surface area contributed by atoms with E-state index in [-0.39, 0.29) is 12.4 Å². The third-order valence-corrected chi connectivity index (χ3v) is 5.09. The number of hydrogen-bond acceptors (Lipinski definition) is 7. The number of amidine groups is 1. The molecule has 0 saturated carbocycles. The van der Waals surface area contributed by atoms with Gasteiger partial charge in [0.15, 0.2) is 5.17 Å². The van der Waals surface area contributed by atoms with Crippen LogP contribution in [-0.4, -0.2) is 22.6 Å². The molecule has 0 fully saturated rings. The van der Waals surface area contributed by atoms with E-state index in [1.165, 1.54) is 11.8 Å². The standard InChI is InChI=1S/C17H15ClN4O2S/c1-3-24-16(23)13-9(2)21-17-22(15(20)12(8-19)25-17)14(13)10-4-6-11(18)7-5-10/h4-7,14H,3,20H2,1-2H3/t14-/m0/s1. The van der Waals surface area contributed by atoms with Crippen LogP contribution in [0.3, 0.4) is 0 Å². The molecule has 1 atom stereocenters. The highest BCUT2D eigenvalue weighted by molar-refractivity contribution is 8.17. The van der Waals surface area contributed by atoms with Crippen molar-refractivity contribution in [1.82, 2.24) is 4.90 Å². The van der Waals surface area contributed by atoms with Crippen LogP contribution in [0.4, 0.5) is 0 Å². The monoisotopic (exact) mass is 374 g/mol. The molecule has 0 amide bonds. The van der Waals surface area contributed by atoms with Gasteiger partial charge in [0.05, 0.1) is 23.9 Å². The van der Waals surface area contributed by atoms with E-state index in [2.05, 4.69) is 11.1 Å². The summed E-state index contributed by atoms with van der Waals surface area (Å²) >= 11 is 7.18. The average molecular weight is 375 g/mol. The summed E-state index contributed by atoms with van der Waals surface area (Å²) in [6, 6.07) is 8.69. The van der Waals surface area contributed by atoms with Gasteiger partial charge in [-0.3, -0.25) is 4.90 Å². The normalized spacial score (nSPS) is 19.5. The first-order valence-electron chi connectivity index (χ1n) is 7.56. The molecular weight excluding hydrogens is 360 g/mol. The SMILES string of the molecule is CCOC(=O)C1=C(C)N=C2SC(C#N)=C(N)N2[C@H]1c1ccc(Cl)cc1. The largest absolute Gasteiger partial charge is 0.463 e.